The summed E-state index contributed by atoms with van der Waals surface area (Å²) in [6.07, 6.45) is 5.32. The number of pyridine rings is 1. The molecule has 1 unspecified atom stereocenters. The lowest BCUT2D eigenvalue weighted by Gasteiger charge is -2.12. The number of fused-ring (bicyclic) bond motifs is 1. The molecule has 1 atom stereocenters. The molecule has 6 heteroatoms. The monoisotopic (exact) mass is 336 g/mol. The van der Waals surface area contributed by atoms with E-state index in [0.717, 1.165) is 42.1 Å². The molecule has 3 heterocycles. The second-order valence-electron chi connectivity index (χ2n) is 6.66. The fourth-order valence-electron chi connectivity index (χ4n) is 3.59. The third-order valence-corrected chi connectivity index (χ3v) is 5.03. The summed E-state index contributed by atoms with van der Waals surface area (Å²) in [5, 5.41) is 16.6. The normalized spacial score (nSPS) is 17.3. The Balaban J connectivity index is 1.82. The highest BCUT2D eigenvalue weighted by Crippen LogP contribution is 2.27. The lowest BCUT2D eigenvalue weighted by Crippen LogP contribution is -2.13. The van der Waals surface area contributed by atoms with Gasteiger partial charge in [-0.3, -0.25) is 0 Å². The molecule has 1 aromatic carbocycles. The first-order valence-corrected chi connectivity index (χ1v) is 8.97. The number of hydrogen-bond donors (Lipinski definition) is 2. The van der Waals surface area contributed by atoms with Crippen molar-refractivity contribution in [1.82, 2.24) is 25.3 Å². The molecule has 0 saturated carbocycles. The molecule has 1 aliphatic rings. The van der Waals surface area contributed by atoms with E-state index in [9.17, 15) is 0 Å². The minimum Gasteiger partial charge on any atom is -0.373 e. The van der Waals surface area contributed by atoms with Gasteiger partial charge in [-0.15, -0.1) is 5.10 Å². The molecule has 2 N–H and O–H groups in total. The highest BCUT2D eigenvalue weighted by molar-refractivity contribution is 5.86. The van der Waals surface area contributed by atoms with Gasteiger partial charge in [0.2, 0.25) is 0 Å². The van der Waals surface area contributed by atoms with E-state index in [0.29, 0.717) is 6.04 Å². The zero-order valence-electron chi connectivity index (χ0n) is 15.0. The second-order valence-corrected chi connectivity index (χ2v) is 6.66. The summed E-state index contributed by atoms with van der Waals surface area (Å²) in [6.45, 7) is 5.36. The number of benzene rings is 1. The van der Waals surface area contributed by atoms with Gasteiger partial charge >= 0.3 is 0 Å². The molecule has 3 aromatic rings. The van der Waals surface area contributed by atoms with Gasteiger partial charge in [-0.25, -0.2) is 9.67 Å². The molecule has 0 amide bonds. The SMILES string of the molecule is CCc1cc2c(C)cc(NC)nc2cc1-n1cc(C2CCCN2)nn1. The molecule has 130 valence electrons. The molecule has 0 bridgehead atoms. The number of hydrogen-bond acceptors (Lipinski definition) is 5. The van der Waals surface area contributed by atoms with Gasteiger partial charge in [0.1, 0.15) is 11.5 Å². The first-order valence-electron chi connectivity index (χ1n) is 8.97. The third kappa shape index (κ3) is 2.87. The quantitative estimate of drug-likeness (QED) is 0.766. The van der Waals surface area contributed by atoms with Gasteiger partial charge in [0, 0.05) is 12.4 Å². The van der Waals surface area contributed by atoms with Crippen LogP contribution in [0.4, 0.5) is 5.82 Å². The van der Waals surface area contributed by atoms with E-state index in [-0.39, 0.29) is 0 Å². The fraction of sp³-hybridized carbons (Fsp3) is 0.421. The summed E-state index contributed by atoms with van der Waals surface area (Å²) in [5.41, 5.74) is 5.54. The minimum absolute atomic E-state index is 0.329. The molecule has 1 aliphatic heterocycles. The minimum atomic E-state index is 0.329. The summed E-state index contributed by atoms with van der Waals surface area (Å²) < 4.78 is 1.90. The van der Waals surface area contributed by atoms with Crippen LogP contribution < -0.4 is 10.6 Å². The smallest absolute Gasteiger partial charge is 0.126 e. The second kappa shape index (κ2) is 6.44. The van der Waals surface area contributed by atoms with Crippen molar-refractivity contribution >= 4 is 16.7 Å². The van der Waals surface area contributed by atoms with Crippen molar-refractivity contribution < 1.29 is 0 Å². The number of aromatic nitrogens is 4. The number of nitrogens with one attached hydrogen (secondary N) is 2. The zero-order valence-corrected chi connectivity index (χ0v) is 15.0. The van der Waals surface area contributed by atoms with E-state index < -0.39 is 0 Å². The van der Waals surface area contributed by atoms with Gasteiger partial charge in [0.25, 0.3) is 0 Å². The largest absolute Gasteiger partial charge is 0.373 e. The summed E-state index contributed by atoms with van der Waals surface area (Å²) >= 11 is 0. The Bertz CT molecular complexity index is 908. The van der Waals surface area contributed by atoms with E-state index in [4.69, 9.17) is 4.98 Å². The van der Waals surface area contributed by atoms with E-state index in [1.54, 1.807) is 0 Å². The molecule has 0 aliphatic carbocycles. The molecule has 1 saturated heterocycles. The van der Waals surface area contributed by atoms with Crippen LogP contribution in [0.2, 0.25) is 0 Å². The molecule has 1 fully saturated rings. The van der Waals surface area contributed by atoms with E-state index in [1.165, 1.54) is 22.9 Å². The Hall–Kier alpha value is -2.47. The zero-order chi connectivity index (χ0) is 17.4. The fourth-order valence-corrected chi connectivity index (χ4v) is 3.59. The van der Waals surface area contributed by atoms with Crippen molar-refractivity contribution in [2.24, 2.45) is 0 Å². The van der Waals surface area contributed by atoms with Crippen LogP contribution in [-0.4, -0.2) is 33.6 Å². The van der Waals surface area contributed by atoms with Gasteiger partial charge in [0.15, 0.2) is 0 Å². The maximum absolute atomic E-state index is 4.72. The molecular formula is C19H24N6. The van der Waals surface area contributed by atoms with Crippen LogP contribution in [0.3, 0.4) is 0 Å². The Morgan fingerprint density at radius 2 is 2.20 bits per heavy atom. The Morgan fingerprint density at radius 3 is 2.92 bits per heavy atom. The highest BCUT2D eigenvalue weighted by atomic mass is 15.4. The first-order chi connectivity index (χ1) is 12.2. The third-order valence-electron chi connectivity index (χ3n) is 5.03. The summed E-state index contributed by atoms with van der Waals surface area (Å²) in [5.74, 6) is 0.884. The van der Waals surface area contributed by atoms with Crippen molar-refractivity contribution in [1.29, 1.82) is 0 Å². The van der Waals surface area contributed by atoms with E-state index in [2.05, 4.69) is 59.2 Å². The van der Waals surface area contributed by atoms with Crippen LogP contribution in [0, 0.1) is 6.92 Å². The van der Waals surface area contributed by atoms with Crippen LogP contribution in [0.5, 0.6) is 0 Å². The molecule has 6 nitrogen and oxygen atoms in total. The lowest BCUT2D eigenvalue weighted by atomic mass is 10.0. The highest BCUT2D eigenvalue weighted by Gasteiger charge is 2.20. The predicted octanol–water partition coefficient (Wildman–Crippen LogP) is 3.15. The van der Waals surface area contributed by atoms with Gasteiger partial charge in [0.05, 0.1) is 23.4 Å². The maximum Gasteiger partial charge on any atom is 0.126 e. The number of rotatable bonds is 4. The van der Waals surface area contributed by atoms with Gasteiger partial charge < -0.3 is 10.6 Å². The van der Waals surface area contributed by atoms with Crippen LogP contribution >= 0.6 is 0 Å². The molecule has 0 spiro atoms. The number of nitrogens with zero attached hydrogens (tertiary/aromatic N) is 4. The van der Waals surface area contributed by atoms with Crippen LogP contribution in [-0.2, 0) is 6.42 Å². The van der Waals surface area contributed by atoms with Crippen LogP contribution in [0.1, 0.15) is 42.6 Å². The van der Waals surface area contributed by atoms with Crippen molar-refractivity contribution in [3.05, 3.63) is 41.2 Å². The Kier molecular flexibility index (Phi) is 4.13. The predicted molar refractivity (Wildman–Crippen MR) is 100 cm³/mol. The topological polar surface area (TPSA) is 67.7 Å². The average molecular weight is 336 g/mol. The van der Waals surface area contributed by atoms with Gasteiger partial charge in [-0.05, 0) is 62.1 Å². The van der Waals surface area contributed by atoms with Crippen molar-refractivity contribution in [3.8, 4) is 5.69 Å². The standard InChI is InChI=1S/C19H24N6/c1-4-13-9-14-12(2)8-19(20-3)22-16(14)10-18(13)25-11-17(23-24-25)15-6-5-7-21-15/h8-11,15,21H,4-7H2,1-3H3,(H,20,22). The van der Waals surface area contributed by atoms with Crippen molar-refractivity contribution in [2.75, 3.05) is 18.9 Å². The maximum atomic E-state index is 4.72. The molecule has 4 rings (SSSR count). The Morgan fingerprint density at radius 1 is 1.32 bits per heavy atom. The van der Waals surface area contributed by atoms with E-state index in [1.807, 2.05) is 11.7 Å². The van der Waals surface area contributed by atoms with E-state index >= 15 is 0 Å². The summed E-state index contributed by atoms with van der Waals surface area (Å²) in [6, 6.07) is 6.78. The van der Waals surface area contributed by atoms with Crippen molar-refractivity contribution in [2.45, 2.75) is 39.2 Å². The van der Waals surface area contributed by atoms with Gasteiger partial charge in [-0.1, -0.05) is 12.1 Å². The summed E-state index contributed by atoms with van der Waals surface area (Å²) in [4.78, 5) is 4.72. The molecule has 0 radical (unpaired) electrons. The number of anilines is 1. The van der Waals surface area contributed by atoms with Crippen LogP contribution in [0.15, 0.2) is 24.4 Å². The average Bonchev–Trinajstić information content (AvgIpc) is 3.31. The molecular weight excluding hydrogens is 312 g/mol. The lowest BCUT2D eigenvalue weighted by molar-refractivity contribution is 0.625. The Labute approximate surface area is 147 Å². The first kappa shape index (κ1) is 16.0. The van der Waals surface area contributed by atoms with Crippen LogP contribution in [0.25, 0.3) is 16.6 Å². The summed E-state index contributed by atoms with van der Waals surface area (Å²) in [7, 11) is 1.90. The molecule has 2 aromatic heterocycles. The number of aryl methyl sites for hydroxylation is 2. The van der Waals surface area contributed by atoms with Crippen molar-refractivity contribution in [3.63, 3.8) is 0 Å². The molecule has 25 heavy (non-hydrogen) atoms. The van der Waals surface area contributed by atoms with Gasteiger partial charge in [-0.2, -0.15) is 0 Å².